The summed E-state index contributed by atoms with van der Waals surface area (Å²) in [4.78, 5) is 2.35. The molecule has 0 bridgehead atoms. The van der Waals surface area contributed by atoms with Crippen LogP contribution in [0.15, 0.2) is 54.6 Å². The molecule has 0 radical (unpaired) electrons. The maximum atomic E-state index is 6.09. The second kappa shape index (κ2) is 6.78. The van der Waals surface area contributed by atoms with E-state index in [1.54, 1.807) is 0 Å². The van der Waals surface area contributed by atoms with Gasteiger partial charge in [-0.3, -0.25) is 4.90 Å². The molecule has 0 spiro atoms. The average molecular weight is 298 g/mol. The molecule has 3 heteroatoms. The van der Waals surface area contributed by atoms with E-state index in [1.807, 2.05) is 0 Å². The Bertz CT molecular complexity index is 532. The van der Waals surface area contributed by atoms with Crippen LogP contribution < -0.4 is 5.32 Å². The van der Waals surface area contributed by atoms with Crippen LogP contribution in [0.4, 0.5) is 0 Å². The SMILES string of the molecule is CN(C)C1(Cc2ccccc2)C=CC=CC1C1CNCCO1. The van der Waals surface area contributed by atoms with Gasteiger partial charge in [-0.15, -0.1) is 0 Å². The Morgan fingerprint density at radius 3 is 2.73 bits per heavy atom. The molecule has 3 atom stereocenters. The van der Waals surface area contributed by atoms with Crippen LogP contribution in [0.3, 0.4) is 0 Å². The van der Waals surface area contributed by atoms with Crippen LogP contribution in [0.5, 0.6) is 0 Å². The van der Waals surface area contributed by atoms with E-state index in [0.29, 0.717) is 5.92 Å². The minimum absolute atomic E-state index is 0.0419. The summed E-state index contributed by atoms with van der Waals surface area (Å²) in [5.41, 5.74) is 1.32. The highest BCUT2D eigenvalue weighted by atomic mass is 16.5. The standard InChI is InChI=1S/C19H26N2O/c1-21(2)19(14-16-8-4-3-5-9-16)11-7-6-10-17(19)18-15-20-12-13-22-18/h3-11,17-18,20H,12-15H2,1-2H3. The van der Waals surface area contributed by atoms with Crippen molar-refractivity contribution in [1.29, 1.82) is 0 Å². The molecular formula is C19H26N2O. The number of nitrogens with zero attached hydrogens (tertiary/aromatic N) is 1. The first-order valence-electron chi connectivity index (χ1n) is 8.12. The lowest BCUT2D eigenvalue weighted by atomic mass is 9.72. The van der Waals surface area contributed by atoms with Crippen molar-refractivity contribution in [1.82, 2.24) is 10.2 Å². The summed E-state index contributed by atoms with van der Waals surface area (Å²) < 4.78 is 6.09. The number of likely N-dealkylation sites (N-methyl/N-ethyl adjacent to an activating group) is 1. The molecule has 1 aliphatic heterocycles. The first kappa shape index (κ1) is 15.5. The third-order valence-corrected chi connectivity index (χ3v) is 4.91. The van der Waals surface area contributed by atoms with Crippen molar-refractivity contribution >= 4 is 0 Å². The minimum Gasteiger partial charge on any atom is -0.375 e. The van der Waals surface area contributed by atoms with Gasteiger partial charge in [0.2, 0.25) is 0 Å². The van der Waals surface area contributed by atoms with Gasteiger partial charge in [-0.1, -0.05) is 54.6 Å². The smallest absolute Gasteiger partial charge is 0.0783 e. The molecule has 1 saturated heterocycles. The Kier molecular flexibility index (Phi) is 4.77. The van der Waals surface area contributed by atoms with Gasteiger partial charge in [0.15, 0.2) is 0 Å². The third kappa shape index (κ3) is 3.02. The lowest BCUT2D eigenvalue weighted by molar-refractivity contribution is -0.0343. The molecule has 0 aromatic heterocycles. The average Bonchev–Trinajstić information content (AvgIpc) is 2.57. The molecule has 1 fully saturated rings. The third-order valence-electron chi connectivity index (χ3n) is 4.91. The number of benzene rings is 1. The van der Waals surface area contributed by atoms with Gasteiger partial charge in [-0.05, 0) is 26.1 Å². The van der Waals surface area contributed by atoms with Crippen molar-refractivity contribution in [2.24, 2.45) is 5.92 Å². The number of hydrogen-bond acceptors (Lipinski definition) is 3. The van der Waals surface area contributed by atoms with E-state index in [0.717, 1.165) is 26.1 Å². The monoisotopic (exact) mass is 298 g/mol. The summed E-state index contributed by atoms with van der Waals surface area (Å²) in [5, 5.41) is 3.47. The van der Waals surface area contributed by atoms with Crippen LogP contribution in [-0.2, 0) is 11.2 Å². The molecule has 2 aliphatic rings. The zero-order chi connectivity index (χ0) is 15.4. The maximum Gasteiger partial charge on any atom is 0.0783 e. The maximum absolute atomic E-state index is 6.09. The normalized spacial score (nSPS) is 31.6. The highest BCUT2D eigenvalue weighted by molar-refractivity contribution is 5.30. The fourth-order valence-electron chi connectivity index (χ4n) is 3.65. The number of ether oxygens (including phenoxy) is 1. The van der Waals surface area contributed by atoms with E-state index in [1.165, 1.54) is 5.56 Å². The Morgan fingerprint density at radius 1 is 1.23 bits per heavy atom. The van der Waals surface area contributed by atoms with Crippen LogP contribution in [0.25, 0.3) is 0 Å². The van der Waals surface area contributed by atoms with Gasteiger partial charge in [0.1, 0.15) is 0 Å². The Balaban J connectivity index is 1.91. The lowest BCUT2D eigenvalue weighted by Gasteiger charge is -2.48. The van der Waals surface area contributed by atoms with Gasteiger partial charge in [0.05, 0.1) is 18.2 Å². The predicted molar refractivity (Wildman–Crippen MR) is 90.9 cm³/mol. The van der Waals surface area contributed by atoms with Gasteiger partial charge < -0.3 is 10.1 Å². The second-order valence-electron chi connectivity index (χ2n) is 6.43. The van der Waals surface area contributed by atoms with Gasteiger partial charge >= 0.3 is 0 Å². The summed E-state index contributed by atoms with van der Waals surface area (Å²) in [6.45, 7) is 2.68. The summed E-state index contributed by atoms with van der Waals surface area (Å²) >= 11 is 0. The fourth-order valence-corrected chi connectivity index (χ4v) is 3.65. The summed E-state index contributed by atoms with van der Waals surface area (Å²) in [5.74, 6) is 0.348. The molecule has 1 aliphatic carbocycles. The van der Waals surface area contributed by atoms with Crippen molar-refractivity contribution in [3.63, 3.8) is 0 Å². The van der Waals surface area contributed by atoms with Crippen molar-refractivity contribution in [3.8, 4) is 0 Å². The van der Waals surface area contributed by atoms with Gasteiger partial charge in [0, 0.05) is 19.0 Å². The number of rotatable bonds is 4. The molecule has 0 amide bonds. The number of nitrogens with one attached hydrogen (secondary N) is 1. The van der Waals surface area contributed by atoms with Crippen molar-refractivity contribution in [3.05, 3.63) is 60.2 Å². The van der Waals surface area contributed by atoms with Crippen LogP contribution in [0.1, 0.15) is 5.56 Å². The van der Waals surface area contributed by atoms with Crippen LogP contribution in [0.2, 0.25) is 0 Å². The summed E-state index contributed by atoms with van der Waals surface area (Å²) in [6.07, 6.45) is 10.2. The Hall–Kier alpha value is -1.42. The molecular weight excluding hydrogens is 272 g/mol. The van der Waals surface area contributed by atoms with E-state index in [2.05, 4.69) is 78.9 Å². The Morgan fingerprint density at radius 2 is 2.05 bits per heavy atom. The van der Waals surface area contributed by atoms with Crippen molar-refractivity contribution in [2.75, 3.05) is 33.8 Å². The van der Waals surface area contributed by atoms with Crippen LogP contribution in [-0.4, -0.2) is 50.3 Å². The quantitative estimate of drug-likeness (QED) is 0.923. The molecule has 1 aromatic rings. The van der Waals surface area contributed by atoms with E-state index in [9.17, 15) is 0 Å². The number of hydrogen-bond donors (Lipinski definition) is 1. The van der Waals surface area contributed by atoms with Gasteiger partial charge in [0.25, 0.3) is 0 Å². The highest BCUT2D eigenvalue weighted by Gasteiger charge is 2.43. The fraction of sp³-hybridized carbons (Fsp3) is 0.474. The molecule has 0 saturated carbocycles. The molecule has 1 aromatic carbocycles. The molecule has 118 valence electrons. The zero-order valence-corrected chi connectivity index (χ0v) is 13.5. The summed E-state index contributed by atoms with van der Waals surface area (Å²) in [6, 6.07) is 10.8. The number of morpholine rings is 1. The van der Waals surface area contributed by atoms with Crippen molar-refractivity contribution in [2.45, 2.75) is 18.1 Å². The van der Waals surface area contributed by atoms with E-state index < -0.39 is 0 Å². The number of allylic oxidation sites excluding steroid dienone is 2. The topological polar surface area (TPSA) is 24.5 Å². The van der Waals surface area contributed by atoms with Crippen molar-refractivity contribution < 1.29 is 4.74 Å². The predicted octanol–water partition coefficient (Wildman–Crippen LogP) is 2.26. The minimum atomic E-state index is -0.0419. The largest absolute Gasteiger partial charge is 0.375 e. The lowest BCUT2D eigenvalue weighted by Crippen LogP contribution is -2.58. The molecule has 3 nitrogen and oxygen atoms in total. The first-order chi connectivity index (χ1) is 10.7. The molecule has 3 rings (SSSR count). The molecule has 22 heavy (non-hydrogen) atoms. The van der Waals surface area contributed by atoms with Crippen LogP contribution in [0, 0.1) is 5.92 Å². The zero-order valence-electron chi connectivity index (χ0n) is 13.5. The highest BCUT2D eigenvalue weighted by Crippen LogP contribution is 2.36. The second-order valence-corrected chi connectivity index (χ2v) is 6.43. The van der Waals surface area contributed by atoms with E-state index >= 15 is 0 Å². The van der Waals surface area contributed by atoms with Crippen LogP contribution >= 0.6 is 0 Å². The molecule has 1 heterocycles. The molecule has 3 unspecified atom stereocenters. The van der Waals surface area contributed by atoms with Gasteiger partial charge in [-0.2, -0.15) is 0 Å². The summed E-state index contributed by atoms with van der Waals surface area (Å²) in [7, 11) is 4.35. The molecule has 1 N–H and O–H groups in total. The van der Waals surface area contributed by atoms with E-state index in [4.69, 9.17) is 4.74 Å². The van der Waals surface area contributed by atoms with E-state index in [-0.39, 0.29) is 11.6 Å². The van der Waals surface area contributed by atoms with Gasteiger partial charge in [-0.25, -0.2) is 0 Å². The first-order valence-corrected chi connectivity index (χ1v) is 8.12. The Labute approximate surface area is 133 Å².